The molecule has 20 heavy (non-hydrogen) atoms. The summed E-state index contributed by atoms with van der Waals surface area (Å²) in [6, 6.07) is 7.99. The number of hydrogen-bond donors (Lipinski definition) is 0. The topological polar surface area (TPSA) is 29.5 Å². The zero-order valence-electron chi connectivity index (χ0n) is 12.6. The molecule has 1 saturated carbocycles. The normalized spacial score (nSPS) is 16.9. The van der Waals surface area contributed by atoms with Crippen molar-refractivity contribution in [1.82, 2.24) is 4.90 Å². The second kappa shape index (κ2) is 7.44. The lowest BCUT2D eigenvalue weighted by Crippen LogP contribution is -2.35. The van der Waals surface area contributed by atoms with Crippen molar-refractivity contribution >= 4 is 5.78 Å². The molecule has 0 spiro atoms. The van der Waals surface area contributed by atoms with E-state index in [4.69, 9.17) is 4.74 Å². The molecule has 2 rings (SSSR count). The van der Waals surface area contributed by atoms with Crippen LogP contribution in [0.15, 0.2) is 24.3 Å². The van der Waals surface area contributed by atoms with Gasteiger partial charge in [0, 0.05) is 11.6 Å². The molecule has 0 unspecified atom stereocenters. The first kappa shape index (κ1) is 15.0. The summed E-state index contributed by atoms with van der Waals surface area (Å²) in [7, 11) is 3.70. The average molecular weight is 275 g/mol. The van der Waals surface area contributed by atoms with Gasteiger partial charge in [0.15, 0.2) is 5.78 Å². The molecule has 0 amide bonds. The predicted molar refractivity (Wildman–Crippen MR) is 81.4 cm³/mol. The van der Waals surface area contributed by atoms with Crippen molar-refractivity contribution < 1.29 is 9.53 Å². The Kier molecular flexibility index (Phi) is 5.60. The summed E-state index contributed by atoms with van der Waals surface area (Å²) in [6.07, 6.45) is 7.72. The fourth-order valence-electron chi connectivity index (χ4n) is 2.94. The molecule has 0 atom stereocenters. The summed E-state index contributed by atoms with van der Waals surface area (Å²) in [6.45, 7) is 0.498. The quantitative estimate of drug-likeness (QED) is 0.608. The van der Waals surface area contributed by atoms with E-state index in [9.17, 15) is 4.79 Å². The first-order valence-corrected chi connectivity index (χ1v) is 7.58. The number of benzene rings is 1. The first-order chi connectivity index (χ1) is 9.70. The number of rotatable bonds is 5. The highest BCUT2D eigenvalue weighted by molar-refractivity contribution is 5.97. The Labute approximate surface area is 121 Å². The molecule has 0 radical (unpaired) electrons. The van der Waals surface area contributed by atoms with Crippen molar-refractivity contribution in [2.75, 3.05) is 20.7 Å². The van der Waals surface area contributed by atoms with Crippen LogP contribution in [0.5, 0.6) is 5.75 Å². The first-order valence-electron chi connectivity index (χ1n) is 7.58. The Bertz CT molecular complexity index is 436. The largest absolute Gasteiger partial charge is 0.497 e. The Hall–Kier alpha value is -1.35. The van der Waals surface area contributed by atoms with Crippen LogP contribution < -0.4 is 4.74 Å². The van der Waals surface area contributed by atoms with Gasteiger partial charge in [-0.3, -0.25) is 9.69 Å². The lowest BCUT2D eigenvalue weighted by Gasteiger charge is -2.26. The maximum atomic E-state index is 12.4. The molecule has 0 N–H and O–H groups in total. The molecule has 1 fully saturated rings. The number of Topliss-reactive ketones (excluding diaryl/α,β-unsaturated/α-hetero) is 1. The summed E-state index contributed by atoms with van der Waals surface area (Å²) in [4.78, 5) is 14.6. The number of carbonyl (C=O) groups is 1. The molecule has 0 bridgehead atoms. The molecule has 1 aliphatic carbocycles. The smallest absolute Gasteiger partial charge is 0.176 e. The Morgan fingerprint density at radius 3 is 2.60 bits per heavy atom. The van der Waals surface area contributed by atoms with Gasteiger partial charge in [-0.25, -0.2) is 0 Å². The van der Waals surface area contributed by atoms with Crippen molar-refractivity contribution in [2.45, 2.75) is 44.6 Å². The van der Waals surface area contributed by atoms with Gasteiger partial charge in [0.25, 0.3) is 0 Å². The van der Waals surface area contributed by atoms with Gasteiger partial charge in [0.05, 0.1) is 13.7 Å². The van der Waals surface area contributed by atoms with Crippen LogP contribution in [0.2, 0.25) is 0 Å². The molecule has 1 aromatic rings. The molecule has 1 aromatic carbocycles. The third-order valence-corrected chi connectivity index (χ3v) is 4.23. The minimum absolute atomic E-state index is 0.177. The van der Waals surface area contributed by atoms with Gasteiger partial charge in [-0.2, -0.15) is 0 Å². The highest BCUT2D eigenvalue weighted by Gasteiger charge is 2.19. The molecule has 0 heterocycles. The Balaban J connectivity index is 1.95. The number of carbonyl (C=O) groups excluding carboxylic acids is 1. The van der Waals surface area contributed by atoms with E-state index in [-0.39, 0.29) is 5.78 Å². The molecule has 1 aliphatic rings. The van der Waals surface area contributed by atoms with E-state index in [0.29, 0.717) is 12.6 Å². The van der Waals surface area contributed by atoms with Crippen LogP contribution in [0, 0.1) is 0 Å². The minimum Gasteiger partial charge on any atom is -0.497 e. The molecular weight excluding hydrogens is 250 g/mol. The van der Waals surface area contributed by atoms with E-state index in [1.165, 1.54) is 38.5 Å². The molecular formula is C17H25NO2. The second-order valence-corrected chi connectivity index (χ2v) is 5.72. The molecule has 3 heteroatoms. The predicted octanol–water partition coefficient (Wildman–Crippen LogP) is 3.53. The zero-order chi connectivity index (χ0) is 14.4. The standard InChI is InChI=1S/C17H25NO2/c1-18(15-9-5-3-4-6-10-15)13-17(19)14-8-7-11-16(12-14)20-2/h7-8,11-12,15H,3-6,9-10,13H2,1-2H3. The van der Waals surface area contributed by atoms with Crippen LogP contribution in [0.4, 0.5) is 0 Å². The lowest BCUT2D eigenvalue weighted by molar-refractivity contribution is 0.0911. The van der Waals surface area contributed by atoms with Crippen molar-refractivity contribution in [3.05, 3.63) is 29.8 Å². The number of nitrogens with zero attached hydrogens (tertiary/aromatic N) is 1. The maximum Gasteiger partial charge on any atom is 0.176 e. The van der Waals surface area contributed by atoms with Gasteiger partial charge in [-0.1, -0.05) is 37.8 Å². The van der Waals surface area contributed by atoms with Gasteiger partial charge >= 0.3 is 0 Å². The van der Waals surface area contributed by atoms with Crippen LogP contribution in [-0.4, -0.2) is 37.4 Å². The third kappa shape index (κ3) is 4.07. The van der Waals surface area contributed by atoms with Gasteiger partial charge in [-0.05, 0) is 32.0 Å². The zero-order valence-corrected chi connectivity index (χ0v) is 12.6. The van der Waals surface area contributed by atoms with Crippen molar-refractivity contribution in [1.29, 1.82) is 0 Å². The minimum atomic E-state index is 0.177. The summed E-state index contributed by atoms with van der Waals surface area (Å²) in [5.41, 5.74) is 0.741. The van der Waals surface area contributed by atoms with Gasteiger partial charge < -0.3 is 4.74 Å². The van der Waals surface area contributed by atoms with E-state index in [0.717, 1.165) is 11.3 Å². The fraction of sp³-hybridized carbons (Fsp3) is 0.588. The summed E-state index contributed by atoms with van der Waals surface area (Å²) in [5.74, 6) is 0.920. The van der Waals surface area contributed by atoms with E-state index >= 15 is 0 Å². The molecule has 0 aromatic heterocycles. The SMILES string of the molecule is COc1cccc(C(=O)CN(C)C2CCCCCC2)c1. The summed E-state index contributed by atoms with van der Waals surface area (Å²) in [5, 5.41) is 0. The highest BCUT2D eigenvalue weighted by atomic mass is 16.5. The highest BCUT2D eigenvalue weighted by Crippen LogP contribution is 2.21. The van der Waals surface area contributed by atoms with E-state index in [1.807, 2.05) is 24.3 Å². The van der Waals surface area contributed by atoms with Crippen LogP contribution in [0.1, 0.15) is 48.9 Å². The van der Waals surface area contributed by atoms with Crippen molar-refractivity contribution in [3.8, 4) is 5.75 Å². The van der Waals surface area contributed by atoms with Gasteiger partial charge in [-0.15, -0.1) is 0 Å². The van der Waals surface area contributed by atoms with E-state index < -0.39 is 0 Å². The summed E-state index contributed by atoms with van der Waals surface area (Å²) < 4.78 is 5.18. The maximum absolute atomic E-state index is 12.4. The van der Waals surface area contributed by atoms with E-state index in [1.54, 1.807) is 7.11 Å². The molecule has 0 aliphatic heterocycles. The van der Waals surface area contributed by atoms with Crippen LogP contribution in [0.25, 0.3) is 0 Å². The Morgan fingerprint density at radius 2 is 1.95 bits per heavy atom. The second-order valence-electron chi connectivity index (χ2n) is 5.72. The van der Waals surface area contributed by atoms with Crippen molar-refractivity contribution in [3.63, 3.8) is 0 Å². The average Bonchev–Trinajstić information content (AvgIpc) is 2.76. The number of likely N-dealkylation sites (N-methyl/N-ethyl adjacent to an activating group) is 1. The number of ketones is 1. The van der Waals surface area contributed by atoms with E-state index in [2.05, 4.69) is 11.9 Å². The number of hydrogen-bond acceptors (Lipinski definition) is 3. The number of methoxy groups -OCH3 is 1. The summed E-state index contributed by atoms with van der Waals surface area (Å²) >= 11 is 0. The fourth-order valence-corrected chi connectivity index (χ4v) is 2.94. The van der Waals surface area contributed by atoms with Crippen LogP contribution in [0.3, 0.4) is 0 Å². The lowest BCUT2D eigenvalue weighted by atomic mass is 10.1. The van der Waals surface area contributed by atoms with Gasteiger partial charge in [0.2, 0.25) is 0 Å². The number of ether oxygens (including phenoxy) is 1. The van der Waals surface area contributed by atoms with Crippen LogP contribution in [-0.2, 0) is 0 Å². The molecule has 3 nitrogen and oxygen atoms in total. The molecule has 110 valence electrons. The molecule has 0 saturated heterocycles. The van der Waals surface area contributed by atoms with Crippen LogP contribution >= 0.6 is 0 Å². The monoisotopic (exact) mass is 275 g/mol. The van der Waals surface area contributed by atoms with Crippen molar-refractivity contribution in [2.24, 2.45) is 0 Å². The van der Waals surface area contributed by atoms with Gasteiger partial charge in [0.1, 0.15) is 5.75 Å². The third-order valence-electron chi connectivity index (χ3n) is 4.23. The Morgan fingerprint density at radius 1 is 1.25 bits per heavy atom.